The van der Waals surface area contributed by atoms with Crippen molar-refractivity contribution in [2.24, 2.45) is 0 Å². The molecule has 2 aromatic carbocycles. The van der Waals surface area contributed by atoms with Crippen molar-refractivity contribution in [1.82, 2.24) is 20.2 Å². The molecule has 0 unspecified atom stereocenters. The monoisotopic (exact) mass is 474 g/mol. The van der Waals surface area contributed by atoms with Crippen molar-refractivity contribution < 1.29 is 113 Å². The Bertz CT molecular complexity index is 965. The third-order valence-electron chi connectivity index (χ3n) is 4.35. The maximum absolute atomic E-state index is 11.6. The minimum Gasteiger partial charge on any atom is -0.738 e. The molecule has 30 heavy (non-hydrogen) atoms. The number of hydrogen-bond acceptors (Lipinski definition) is 7. The molecule has 3 rings (SSSR count). The van der Waals surface area contributed by atoms with E-state index in [-0.39, 0.29) is 108 Å². The number of nitrogens with zero attached hydrogens (tertiary/aromatic N) is 5. The molecule has 0 saturated carbocycles. The number of benzene rings is 2. The maximum Gasteiger partial charge on any atom is 1.00 e. The van der Waals surface area contributed by atoms with Crippen molar-refractivity contribution in [3.63, 3.8) is 0 Å². The molecule has 1 N–H and O–H groups in total. The second-order valence-electron chi connectivity index (χ2n) is 6.36. The number of hydrogen-bond donors (Lipinski definition) is 1. The normalized spacial score (nSPS) is 9.93. The summed E-state index contributed by atoms with van der Waals surface area (Å²) in [6.07, 6.45) is -0.584. The van der Waals surface area contributed by atoms with Crippen molar-refractivity contribution >= 4 is 30.1 Å². The number of tetrazole rings is 1. The van der Waals surface area contributed by atoms with Gasteiger partial charge in [-0.3, -0.25) is 0 Å². The van der Waals surface area contributed by atoms with Crippen molar-refractivity contribution in [3.8, 4) is 5.69 Å². The Morgan fingerprint density at radius 1 is 1.17 bits per heavy atom. The van der Waals surface area contributed by atoms with Crippen LogP contribution in [0.3, 0.4) is 0 Å². The number of para-hydroxylation sites is 1. The number of carbonyl (C=O) groups excluding carboxylic acids is 1. The first-order chi connectivity index (χ1) is 13.5. The predicted molar refractivity (Wildman–Crippen MR) is 107 cm³/mol. The summed E-state index contributed by atoms with van der Waals surface area (Å²) in [5.41, 5.74) is 4.14. The molecule has 0 spiro atoms. The van der Waals surface area contributed by atoms with Gasteiger partial charge in [-0.2, -0.15) is 0 Å². The van der Waals surface area contributed by atoms with E-state index >= 15 is 0 Å². The molecular formula is C19H20K2N6O2S. The van der Waals surface area contributed by atoms with Crippen LogP contribution in [0.15, 0.2) is 47.6 Å². The van der Waals surface area contributed by atoms with E-state index < -0.39 is 6.09 Å². The van der Waals surface area contributed by atoms with E-state index in [1.165, 1.54) is 9.58 Å². The first-order valence-electron chi connectivity index (χ1n) is 8.82. The van der Waals surface area contributed by atoms with Gasteiger partial charge in [0.05, 0.1) is 5.69 Å². The van der Waals surface area contributed by atoms with Crippen LogP contribution in [0.5, 0.6) is 0 Å². The van der Waals surface area contributed by atoms with E-state index in [2.05, 4.69) is 20.8 Å². The summed E-state index contributed by atoms with van der Waals surface area (Å²) in [6, 6.07) is 13.2. The van der Waals surface area contributed by atoms with Crippen molar-refractivity contribution in [2.45, 2.75) is 25.4 Å². The molecule has 0 saturated heterocycles. The van der Waals surface area contributed by atoms with Crippen molar-refractivity contribution in [3.05, 3.63) is 53.6 Å². The van der Waals surface area contributed by atoms with Gasteiger partial charge in [-0.25, -0.2) is 4.68 Å². The molecule has 0 aliphatic heterocycles. The van der Waals surface area contributed by atoms with Crippen LogP contribution in [0.1, 0.15) is 17.5 Å². The topological polar surface area (TPSA) is 99.0 Å². The van der Waals surface area contributed by atoms with Crippen LogP contribution < -0.4 is 118 Å². The van der Waals surface area contributed by atoms with E-state index in [0.717, 1.165) is 22.5 Å². The van der Waals surface area contributed by atoms with E-state index in [9.17, 15) is 9.90 Å². The van der Waals surface area contributed by atoms with E-state index in [1.807, 2.05) is 56.3 Å². The Labute approximate surface area is 266 Å². The average Bonchev–Trinajstić information content (AvgIpc) is 3.09. The summed E-state index contributed by atoms with van der Waals surface area (Å²) in [4.78, 5) is 12.9. The van der Waals surface area contributed by atoms with Gasteiger partial charge >= 0.3 is 103 Å². The standard InChI is InChI=1S/C19H22N6O2S.2K/c1-13-6-3-7-14(2)17(13)24(19(26)27)11-5-10-20-15-8-4-9-16(12-15)25-18(28)21-22-23-25;;/h3-4,6-9,12,20H,5,10-11H2,1-2H3,(H,26,27)(H,21,23,28);;/q;2*+1/p-2. The number of anilines is 2. The third-order valence-corrected chi connectivity index (χ3v) is 4.60. The average molecular weight is 475 g/mol. The van der Waals surface area contributed by atoms with Crippen molar-refractivity contribution in [1.29, 1.82) is 0 Å². The number of rotatable bonds is 7. The van der Waals surface area contributed by atoms with E-state index in [0.29, 0.717) is 25.2 Å². The van der Waals surface area contributed by atoms with Gasteiger partial charge < -0.3 is 32.7 Å². The van der Waals surface area contributed by atoms with Gasteiger partial charge in [-0.05, 0) is 60.0 Å². The fourth-order valence-corrected chi connectivity index (χ4v) is 3.26. The fourth-order valence-electron chi connectivity index (χ4n) is 3.08. The van der Waals surface area contributed by atoms with Gasteiger partial charge in [0, 0.05) is 29.6 Å². The van der Waals surface area contributed by atoms with Crippen molar-refractivity contribution in [2.75, 3.05) is 23.3 Å². The van der Waals surface area contributed by atoms with Gasteiger partial charge in [-0.15, -0.1) is 5.10 Å². The van der Waals surface area contributed by atoms with Gasteiger partial charge in [0.2, 0.25) is 0 Å². The minimum absolute atomic E-state index is 0. The molecule has 0 bridgehead atoms. The summed E-state index contributed by atoms with van der Waals surface area (Å²) in [5, 5.41) is 26.3. The van der Waals surface area contributed by atoms with E-state index in [4.69, 9.17) is 12.6 Å². The second kappa shape index (κ2) is 13.6. The van der Waals surface area contributed by atoms with Gasteiger partial charge in [-0.1, -0.05) is 24.3 Å². The van der Waals surface area contributed by atoms with Crippen LogP contribution in [0.25, 0.3) is 5.69 Å². The number of aromatic nitrogens is 4. The molecule has 3 aromatic rings. The van der Waals surface area contributed by atoms with Crippen LogP contribution >= 0.6 is 0 Å². The molecule has 1 heterocycles. The predicted octanol–water partition coefficient (Wildman–Crippen LogP) is -4.16. The molecule has 0 atom stereocenters. The van der Waals surface area contributed by atoms with Gasteiger partial charge in [0.1, 0.15) is 6.09 Å². The maximum atomic E-state index is 11.6. The van der Waals surface area contributed by atoms with Gasteiger partial charge in [0.15, 0.2) is 0 Å². The molecule has 0 aliphatic carbocycles. The third kappa shape index (κ3) is 7.30. The molecule has 146 valence electrons. The zero-order chi connectivity index (χ0) is 20.1. The number of amides is 1. The molecule has 0 aliphatic rings. The Hall–Kier alpha value is 0.0727. The number of carbonyl (C=O) groups is 1. The largest absolute Gasteiger partial charge is 1.00 e. The Balaban J connectivity index is 0.00000225. The van der Waals surface area contributed by atoms with E-state index in [1.54, 1.807) is 0 Å². The van der Waals surface area contributed by atoms with Crippen LogP contribution in [0.4, 0.5) is 16.2 Å². The SMILES string of the molecule is Cc1cccc(C)c1N(CCCNc1cccc(-n2nnnc2[S-])c1)C(=O)[O-].[K+].[K+]. The Morgan fingerprint density at radius 3 is 2.43 bits per heavy atom. The molecule has 0 fully saturated rings. The van der Waals surface area contributed by atoms with Gasteiger partial charge in [0.25, 0.3) is 0 Å². The summed E-state index contributed by atoms with van der Waals surface area (Å²) in [6.45, 7) is 4.72. The Kier molecular flexibility index (Phi) is 12.7. The van der Waals surface area contributed by atoms with Crippen LogP contribution in [-0.4, -0.2) is 39.4 Å². The zero-order valence-electron chi connectivity index (χ0n) is 17.6. The first kappa shape index (κ1) is 28.1. The quantitative estimate of drug-likeness (QED) is 0.211. The van der Waals surface area contributed by atoms with Crippen LogP contribution in [0.2, 0.25) is 0 Å². The summed E-state index contributed by atoms with van der Waals surface area (Å²) >= 11 is 5.08. The molecule has 0 radical (unpaired) electrons. The summed E-state index contributed by atoms with van der Waals surface area (Å²) in [5.74, 6) is 0. The van der Waals surface area contributed by atoms with Crippen LogP contribution in [0, 0.1) is 13.8 Å². The number of carboxylic acid groups (broad SMARTS) is 1. The summed E-state index contributed by atoms with van der Waals surface area (Å²) in [7, 11) is 0. The molecule has 11 heteroatoms. The number of aryl methyl sites for hydroxylation is 2. The first-order valence-corrected chi connectivity index (χ1v) is 9.22. The zero-order valence-corrected chi connectivity index (χ0v) is 24.7. The molecule has 1 amide bonds. The fraction of sp³-hybridized carbons (Fsp3) is 0.263. The molecule has 8 nitrogen and oxygen atoms in total. The second-order valence-corrected chi connectivity index (χ2v) is 6.73. The molecular weight excluding hydrogens is 455 g/mol. The smallest absolute Gasteiger partial charge is 0.738 e. The minimum atomic E-state index is -1.20. The number of nitrogens with one attached hydrogen (secondary N) is 1. The molecule has 1 aromatic heterocycles. The summed E-state index contributed by atoms with van der Waals surface area (Å²) < 4.78 is 1.47. The van der Waals surface area contributed by atoms with Crippen LogP contribution in [-0.2, 0) is 12.6 Å². The Morgan fingerprint density at radius 2 is 1.83 bits per heavy atom.